The maximum atomic E-state index is 11.6. The lowest BCUT2D eigenvalue weighted by Gasteiger charge is -2.11. The van der Waals surface area contributed by atoms with Gasteiger partial charge in [-0.25, -0.2) is 0 Å². The third kappa shape index (κ3) is 6.19. The van der Waals surface area contributed by atoms with Crippen molar-refractivity contribution in [2.24, 2.45) is 0 Å². The lowest BCUT2D eigenvalue weighted by atomic mass is 10.2. The topological polar surface area (TPSA) is 52.6 Å². The zero-order valence-electron chi connectivity index (χ0n) is 11.6. The molecule has 0 spiro atoms. The third-order valence-electron chi connectivity index (χ3n) is 2.50. The summed E-state index contributed by atoms with van der Waals surface area (Å²) in [5.74, 6) is -0.867. The zero-order chi connectivity index (χ0) is 15.8. The second-order valence-electron chi connectivity index (χ2n) is 4.35. The lowest BCUT2D eigenvalue weighted by molar-refractivity contribution is -0.150. The highest BCUT2D eigenvalue weighted by Gasteiger charge is 2.14. The average Bonchev–Trinajstić information content (AvgIpc) is 2.42. The number of halogens is 2. The van der Waals surface area contributed by atoms with Crippen LogP contribution in [0.25, 0.3) is 0 Å². The normalized spacial score (nSPS) is 11.6. The molecule has 1 atom stereocenters. The van der Waals surface area contributed by atoms with Crippen molar-refractivity contribution in [1.29, 1.82) is 0 Å². The first-order valence-electron chi connectivity index (χ1n) is 6.39. The number of hydrogen-bond donors (Lipinski definition) is 0. The molecule has 6 heteroatoms. The Hall–Kier alpha value is -1.52. The molecule has 21 heavy (non-hydrogen) atoms. The highest BCUT2D eigenvalue weighted by Crippen LogP contribution is 2.31. The Labute approximate surface area is 133 Å². The quantitative estimate of drug-likeness (QED) is 0.427. The molecule has 1 rings (SSSR count). The second-order valence-corrected chi connectivity index (χ2v) is 5.14. The van der Waals surface area contributed by atoms with E-state index < -0.39 is 11.9 Å². The molecule has 0 aromatic heterocycles. The molecule has 0 aliphatic heterocycles. The van der Waals surface area contributed by atoms with E-state index >= 15 is 0 Å². The summed E-state index contributed by atoms with van der Waals surface area (Å²) < 4.78 is 10.1. The molecule has 0 aliphatic carbocycles. The van der Waals surface area contributed by atoms with Crippen molar-refractivity contribution in [2.45, 2.75) is 32.3 Å². The molecule has 0 saturated carbocycles. The van der Waals surface area contributed by atoms with Gasteiger partial charge in [0.2, 0.25) is 0 Å². The van der Waals surface area contributed by atoms with Gasteiger partial charge in [0.15, 0.2) is 5.75 Å². The molecule has 114 valence electrons. The predicted octanol–water partition coefficient (Wildman–Crippen LogP) is 4.19. The number of ether oxygens (including phenoxy) is 2. The molecule has 4 nitrogen and oxygen atoms in total. The average molecular weight is 331 g/mol. The first kappa shape index (κ1) is 17.5. The smallest absolute Gasteiger partial charge is 0.311 e. The van der Waals surface area contributed by atoms with Crippen molar-refractivity contribution in [3.8, 4) is 5.75 Å². The summed E-state index contributed by atoms with van der Waals surface area (Å²) in [5, 5.41) is 0.453. The van der Waals surface area contributed by atoms with Gasteiger partial charge in [-0.2, -0.15) is 0 Å². The van der Waals surface area contributed by atoms with Crippen LogP contribution in [0.2, 0.25) is 10.0 Å². The van der Waals surface area contributed by atoms with Gasteiger partial charge < -0.3 is 9.47 Å². The fourth-order valence-corrected chi connectivity index (χ4v) is 1.84. The van der Waals surface area contributed by atoms with Crippen molar-refractivity contribution in [1.82, 2.24) is 0 Å². The van der Waals surface area contributed by atoms with E-state index in [1.807, 2.05) is 0 Å². The number of benzene rings is 1. The minimum Gasteiger partial charge on any atom is -0.462 e. The molecule has 1 unspecified atom stereocenters. The van der Waals surface area contributed by atoms with Crippen LogP contribution in [-0.2, 0) is 14.3 Å². The minimum absolute atomic E-state index is 0.0570. The molecule has 1 aromatic carbocycles. The van der Waals surface area contributed by atoms with Crippen LogP contribution in [0, 0.1) is 0 Å². The van der Waals surface area contributed by atoms with Gasteiger partial charge in [-0.05, 0) is 19.1 Å². The van der Waals surface area contributed by atoms with Gasteiger partial charge in [0, 0.05) is 6.42 Å². The zero-order valence-corrected chi connectivity index (χ0v) is 13.1. The molecular formula is C15H16Cl2O4. The Bertz CT molecular complexity index is 528. The SMILES string of the molecule is C=CCC(C)OC(=O)CCC(=O)Oc1cccc(Cl)c1Cl. The molecule has 0 radical (unpaired) electrons. The fraction of sp³-hybridized carbons (Fsp3) is 0.333. The number of esters is 2. The molecule has 0 fully saturated rings. The molecule has 0 saturated heterocycles. The summed E-state index contributed by atoms with van der Waals surface area (Å²) >= 11 is 11.7. The Morgan fingerprint density at radius 2 is 1.95 bits per heavy atom. The second kappa shape index (κ2) is 8.70. The van der Waals surface area contributed by atoms with Crippen LogP contribution >= 0.6 is 23.2 Å². The lowest BCUT2D eigenvalue weighted by Crippen LogP contribution is -2.16. The molecule has 0 bridgehead atoms. The van der Waals surface area contributed by atoms with Crippen molar-refractivity contribution in [2.75, 3.05) is 0 Å². The molecule has 1 aromatic rings. The largest absolute Gasteiger partial charge is 0.462 e. The van der Waals surface area contributed by atoms with Crippen LogP contribution in [-0.4, -0.2) is 18.0 Å². The molecule has 0 heterocycles. The van der Waals surface area contributed by atoms with E-state index in [0.717, 1.165) is 0 Å². The predicted molar refractivity (Wildman–Crippen MR) is 81.7 cm³/mol. The van der Waals surface area contributed by atoms with Gasteiger partial charge in [0.25, 0.3) is 0 Å². The molecule has 0 aliphatic rings. The van der Waals surface area contributed by atoms with Crippen LogP contribution in [0.3, 0.4) is 0 Å². The first-order valence-corrected chi connectivity index (χ1v) is 7.14. The standard InChI is InChI=1S/C15H16Cl2O4/c1-3-5-10(2)20-13(18)8-9-14(19)21-12-7-4-6-11(16)15(12)17/h3-4,6-7,10H,1,5,8-9H2,2H3. The Balaban J connectivity index is 2.42. The van der Waals surface area contributed by atoms with E-state index in [1.165, 1.54) is 6.07 Å². The number of rotatable bonds is 7. The maximum Gasteiger partial charge on any atom is 0.311 e. The van der Waals surface area contributed by atoms with Gasteiger partial charge in [0.05, 0.1) is 17.9 Å². The maximum absolute atomic E-state index is 11.6. The highest BCUT2D eigenvalue weighted by atomic mass is 35.5. The Morgan fingerprint density at radius 1 is 1.29 bits per heavy atom. The fourth-order valence-electron chi connectivity index (χ4n) is 1.51. The van der Waals surface area contributed by atoms with Crippen molar-refractivity contribution < 1.29 is 19.1 Å². The highest BCUT2D eigenvalue weighted by molar-refractivity contribution is 6.43. The summed E-state index contributed by atoms with van der Waals surface area (Å²) in [6, 6.07) is 4.72. The van der Waals surface area contributed by atoms with E-state index in [0.29, 0.717) is 11.4 Å². The van der Waals surface area contributed by atoms with Crippen molar-refractivity contribution in [3.63, 3.8) is 0 Å². The number of carbonyl (C=O) groups excluding carboxylic acids is 2. The molecular weight excluding hydrogens is 315 g/mol. The van der Waals surface area contributed by atoms with Crippen molar-refractivity contribution in [3.05, 3.63) is 40.9 Å². The van der Waals surface area contributed by atoms with Gasteiger partial charge >= 0.3 is 11.9 Å². The summed E-state index contributed by atoms with van der Waals surface area (Å²) in [4.78, 5) is 23.1. The Kier molecular flexibility index (Phi) is 7.26. The number of hydrogen-bond acceptors (Lipinski definition) is 4. The summed E-state index contributed by atoms with van der Waals surface area (Å²) in [6.45, 7) is 5.31. The third-order valence-corrected chi connectivity index (χ3v) is 3.31. The monoisotopic (exact) mass is 330 g/mol. The Morgan fingerprint density at radius 3 is 2.62 bits per heavy atom. The van der Waals surface area contributed by atoms with E-state index in [4.69, 9.17) is 32.7 Å². The van der Waals surface area contributed by atoms with Crippen molar-refractivity contribution >= 4 is 35.1 Å². The van der Waals surface area contributed by atoms with Gasteiger partial charge in [0.1, 0.15) is 11.1 Å². The first-order chi connectivity index (χ1) is 9.93. The van der Waals surface area contributed by atoms with Crippen LogP contribution < -0.4 is 4.74 Å². The van der Waals surface area contributed by atoms with Crippen LogP contribution in [0.15, 0.2) is 30.9 Å². The molecule has 0 amide bonds. The summed E-state index contributed by atoms with van der Waals surface area (Å²) in [6.07, 6.45) is 1.82. The van der Waals surface area contributed by atoms with E-state index in [1.54, 1.807) is 25.1 Å². The van der Waals surface area contributed by atoms with Gasteiger partial charge in [-0.1, -0.05) is 35.3 Å². The van der Waals surface area contributed by atoms with E-state index in [2.05, 4.69) is 6.58 Å². The van der Waals surface area contributed by atoms with Gasteiger partial charge in [-0.15, -0.1) is 6.58 Å². The van der Waals surface area contributed by atoms with E-state index in [-0.39, 0.29) is 29.7 Å². The van der Waals surface area contributed by atoms with Crippen LogP contribution in [0.4, 0.5) is 0 Å². The summed E-state index contributed by atoms with van der Waals surface area (Å²) in [5.41, 5.74) is 0. The number of carbonyl (C=O) groups is 2. The minimum atomic E-state index is -0.576. The van der Waals surface area contributed by atoms with Crippen LogP contribution in [0.1, 0.15) is 26.2 Å². The molecule has 0 N–H and O–H groups in total. The summed E-state index contributed by atoms with van der Waals surface area (Å²) in [7, 11) is 0. The van der Waals surface area contributed by atoms with E-state index in [9.17, 15) is 9.59 Å². The van der Waals surface area contributed by atoms with Crippen LogP contribution in [0.5, 0.6) is 5.75 Å². The van der Waals surface area contributed by atoms with Gasteiger partial charge in [-0.3, -0.25) is 9.59 Å².